The van der Waals surface area contributed by atoms with Gasteiger partial charge in [-0.3, -0.25) is 4.79 Å². The number of amides is 1. The molecule has 25 heavy (non-hydrogen) atoms. The van der Waals surface area contributed by atoms with E-state index in [2.05, 4.69) is 11.4 Å². The van der Waals surface area contributed by atoms with Crippen molar-refractivity contribution in [2.45, 2.75) is 19.6 Å². The van der Waals surface area contributed by atoms with Crippen LogP contribution in [-0.2, 0) is 10.5 Å². The van der Waals surface area contributed by atoms with Crippen LogP contribution in [-0.4, -0.2) is 24.8 Å². The van der Waals surface area contributed by atoms with Gasteiger partial charge in [0, 0.05) is 16.3 Å². The summed E-state index contributed by atoms with van der Waals surface area (Å²) >= 11 is 7.28. The highest BCUT2D eigenvalue weighted by molar-refractivity contribution is 7.99. The van der Waals surface area contributed by atoms with E-state index in [0.29, 0.717) is 29.5 Å². The second-order valence-corrected chi connectivity index (χ2v) is 7.05. The van der Waals surface area contributed by atoms with Crippen LogP contribution in [0.15, 0.2) is 36.4 Å². The molecule has 0 atom stereocenters. The van der Waals surface area contributed by atoms with E-state index < -0.39 is 0 Å². The van der Waals surface area contributed by atoms with Crippen LogP contribution in [0.1, 0.15) is 16.7 Å². The lowest BCUT2D eigenvalue weighted by atomic mass is 10.1. The number of halogens is 2. The first-order valence-electron chi connectivity index (χ1n) is 7.94. The van der Waals surface area contributed by atoms with E-state index in [1.165, 1.54) is 23.4 Å². The molecular formula is C19H21ClFNO2S. The lowest BCUT2D eigenvalue weighted by Gasteiger charge is -2.10. The van der Waals surface area contributed by atoms with E-state index in [1.54, 1.807) is 12.1 Å². The molecule has 2 rings (SSSR count). The van der Waals surface area contributed by atoms with Gasteiger partial charge in [-0.1, -0.05) is 35.4 Å². The van der Waals surface area contributed by atoms with Crippen LogP contribution < -0.4 is 10.1 Å². The van der Waals surface area contributed by atoms with Crippen LogP contribution in [0.4, 0.5) is 4.39 Å². The highest BCUT2D eigenvalue weighted by Gasteiger charge is 2.08. The van der Waals surface area contributed by atoms with Crippen LogP contribution in [0, 0.1) is 19.7 Å². The number of carbonyl (C=O) groups excluding carboxylic acids is 1. The molecule has 0 aromatic heterocycles. The molecule has 0 aliphatic rings. The van der Waals surface area contributed by atoms with Gasteiger partial charge in [-0.05, 0) is 37.6 Å². The predicted molar refractivity (Wildman–Crippen MR) is 102 cm³/mol. The maximum atomic E-state index is 13.6. The van der Waals surface area contributed by atoms with Crippen molar-refractivity contribution in [3.63, 3.8) is 0 Å². The number of rotatable bonds is 8. The summed E-state index contributed by atoms with van der Waals surface area (Å²) in [6.07, 6.45) is 0. The Labute approximate surface area is 156 Å². The number of aryl methyl sites for hydroxylation is 2. The van der Waals surface area contributed by atoms with Crippen LogP contribution in [0.5, 0.6) is 5.75 Å². The number of nitrogens with one attached hydrogen (secondary N) is 1. The lowest BCUT2D eigenvalue weighted by molar-refractivity contribution is -0.118. The molecule has 3 nitrogen and oxygen atoms in total. The summed E-state index contributed by atoms with van der Waals surface area (Å²) < 4.78 is 19.3. The molecule has 0 saturated heterocycles. The second-order valence-electron chi connectivity index (χ2n) is 5.66. The third kappa shape index (κ3) is 6.25. The normalized spacial score (nSPS) is 10.6. The average Bonchev–Trinajstić information content (AvgIpc) is 2.56. The van der Waals surface area contributed by atoms with E-state index in [-0.39, 0.29) is 17.5 Å². The summed E-state index contributed by atoms with van der Waals surface area (Å²) in [5.74, 6) is 0.971. The first-order valence-corrected chi connectivity index (χ1v) is 9.48. The zero-order chi connectivity index (χ0) is 18.2. The standard InChI is InChI=1S/C19H21ClFNO2S/c1-13-6-7-18(14(2)10-13)24-9-8-22-19(23)12-25-11-15-16(20)4-3-5-17(15)21/h3-7,10H,8-9,11-12H2,1-2H3,(H,22,23). The molecule has 2 aromatic rings. The number of benzene rings is 2. The molecule has 0 saturated carbocycles. The molecule has 1 amide bonds. The molecule has 0 bridgehead atoms. The van der Waals surface area contributed by atoms with Gasteiger partial charge in [-0.15, -0.1) is 11.8 Å². The van der Waals surface area contributed by atoms with Gasteiger partial charge in [0.15, 0.2) is 0 Å². The Hall–Kier alpha value is -1.72. The Bertz CT molecular complexity index is 719. The number of hydrogen-bond acceptors (Lipinski definition) is 3. The minimum absolute atomic E-state index is 0.110. The van der Waals surface area contributed by atoms with Gasteiger partial charge in [0.2, 0.25) is 5.91 Å². The van der Waals surface area contributed by atoms with Gasteiger partial charge in [-0.2, -0.15) is 0 Å². The number of carbonyl (C=O) groups is 1. The maximum Gasteiger partial charge on any atom is 0.230 e. The Balaban J connectivity index is 1.66. The molecule has 0 radical (unpaired) electrons. The van der Waals surface area contributed by atoms with E-state index >= 15 is 0 Å². The first-order chi connectivity index (χ1) is 12.0. The van der Waals surface area contributed by atoms with Crippen molar-refractivity contribution in [1.29, 1.82) is 0 Å². The first kappa shape index (κ1) is 19.6. The van der Waals surface area contributed by atoms with E-state index in [1.807, 2.05) is 26.0 Å². The second kappa shape index (κ2) is 9.68. The smallest absolute Gasteiger partial charge is 0.230 e. The molecule has 134 valence electrons. The molecule has 0 unspecified atom stereocenters. The molecule has 2 aromatic carbocycles. The topological polar surface area (TPSA) is 38.3 Å². The zero-order valence-electron chi connectivity index (χ0n) is 14.3. The number of ether oxygens (including phenoxy) is 1. The van der Waals surface area contributed by atoms with Crippen LogP contribution >= 0.6 is 23.4 Å². The third-order valence-electron chi connectivity index (χ3n) is 3.55. The van der Waals surface area contributed by atoms with Crippen molar-refractivity contribution in [2.75, 3.05) is 18.9 Å². The molecule has 0 aliphatic heterocycles. The Morgan fingerprint density at radius 2 is 2.08 bits per heavy atom. The quantitative estimate of drug-likeness (QED) is 0.683. The van der Waals surface area contributed by atoms with Gasteiger partial charge in [0.05, 0.1) is 12.3 Å². The summed E-state index contributed by atoms with van der Waals surface area (Å²) in [5.41, 5.74) is 2.69. The van der Waals surface area contributed by atoms with Crippen molar-refractivity contribution >= 4 is 29.3 Å². The molecular weight excluding hydrogens is 361 g/mol. The highest BCUT2D eigenvalue weighted by Crippen LogP contribution is 2.23. The van der Waals surface area contributed by atoms with E-state index in [9.17, 15) is 9.18 Å². The Kier molecular flexibility index (Phi) is 7.59. The fourth-order valence-corrected chi connectivity index (χ4v) is 3.48. The Morgan fingerprint density at radius 3 is 2.80 bits per heavy atom. The lowest BCUT2D eigenvalue weighted by Crippen LogP contribution is -2.29. The van der Waals surface area contributed by atoms with Gasteiger partial charge in [0.1, 0.15) is 18.2 Å². The fraction of sp³-hybridized carbons (Fsp3) is 0.316. The van der Waals surface area contributed by atoms with E-state index in [0.717, 1.165) is 11.3 Å². The van der Waals surface area contributed by atoms with Gasteiger partial charge >= 0.3 is 0 Å². The zero-order valence-corrected chi connectivity index (χ0v) is 15.8. The van der Waals surface area contributed by atoms with Crippen molar-refractivity contribution in [2.24, 2.45) is 0 Å². The van der Waals surface area contributed by atoms with Gasteiger partial charge in [0.25, 0.3) is 0 Å². The number of hydrogen-bond donors (Lipinski definition) is 1. The van der Waals surface area contributed by atoms with Crippen molar-refractivity contribution in [1.82, 2.24) is 5.32 Å². The van der Waals surface area contributed by atoms with Crippen LogP contribution in [0.3, 0.4) is 0 Å². The minimum Gasteiger partial charge on any atom is -0.491 e. The molecule has 0 fully saturated rings. The largest absolute Gasteiger partial charge is 0.491 e. The fourth-order valence-electron chi connectivity index (χ4n) is 2.28. The predicted octanol–water partition coefficient (Wildman–Crippen LogP) is 4.52. The average molecular weight is 382 g/mol. The molecule has 0 heterocycles. The maximum absolute atomic E-state index is 13.6. The monoisotopic (exact) mass is 381 g/mol. The third-order valence-corrected chi connectivity index (χ3v) is 4.87. The highest BCUT2D eigenvalue weighted by atomic mass is 35.5. The van der Waals surface area contributed by atoms with Crippen molar-refractivity contribution in [3.8, 4) is 5.75 Å². The molecule has 6 heteroatoms. The summed E-state index contributed by atoms with van der Waals surface area (Å²) in [7, 11) is 0. The summed E-state index contributed by atoms with van der Waals surface area (Å²) in [5, 5.41) is 3.17. The summed E-state index contributed by atoms with van der Waals surface area (Å²) in [6, 6.07) is 10.6. The van der Waals surface area contributed by atoms with Crippen LogP contribution in [0.2, 0.25) is 5.02 Å². The van der Waals surface area contributed by atoms with Crippen molar-refractivity contribution in [3.05, 3.63) is 63.9 Å². The summed E-state index contributed by atoms with van der Waals surface area (Å²) in [6.45, 7) is 4.85. The van der Waals surface area contributed by atoms with Crippen molar-refractivity contribution < 1.29 is 13.9 Å². The van der Waals surface area contributed by atoms with E-state index in [4.69, 9.17) is 16.3 Å². The van der Waals surface area contributed by atoms with Crippen LogP contribution in [0.25, 0.3) is 0 Å². The molecule has 0 spiro atoms. The SMILES string of the molecule is Cc1ccc(OCCNC(=O)CSCc2c(F)cccc2Cl)c(C)c1. The molecule has 1 N–H and O–H groups in total. The van der Waals surface area contributed by atoms with Gasteiger partial charge in [-0.25, -0.2) is 4.39 Å². The summed E-state index contributed by atoms with van der Waals surface area (Å²) in [4.78, 5) is 11.8. The van der Waals surface area contributed by atoms with Gasteiger partial charge < -0.3 is 10.1 Å². The molecule has 0 aliphatic carbocycles. The minimum atomic E-state index is -0.345. The number of thioether (sulfide) groups is 1. The Morgan fingerprint density at radius 1 is 1.28 bits per heavy atom.